The summed E-state index contributed by atoms with van der Waals surface area (Å²) in [5.74, 6) is 0.906. The van der Waals surface area contributed by atoms with Crippen molar-refractivity contribution in [2.45, 2.75) is 43.1 Å². The van der Waals surface area contributed by atoms with Gasteiger partial charge >= 0.3 is 0 Å². The number of thioether (sulfide) groups is 1. The van der Waals surface area contributed by atoms with Crippen LogP contribution < -0.4 is 5.32 Å². The highest BCUT2D eigenvalue weighted by atomic mass is 32.2. The molecule has 2 aromatic rings. The first-order valence-electron chi connectivity index (χ1n) is 7.48. The molecule has 0 radical (unpaired) electrons. The maximum Gasteiger partial charge on any atom is 0.233 e. The van der Waals surface area contributed by atoms with E-state index in [0.29, 0.717) is 6.04 Å². The fourth-order valence-electron chi connectivity index (χ4n) is 2.23. The molecule has 22 heavy (non-hydrogen) atoms. The molecule has 1 aliphatic carbocycles. The maximum atomic E-state index is 12.1. The minimum Gasteiger partial charge on any atom is -0.352 e. The number of nitrogens with zero attached hydrogens (tertiary/aromatic N) is 3. The van der Waals surface area contributed by atoms with E-state index in [-0.39, 0.29) is 11.2 Å². The molecule has 1 unspecified atom stereocenters. The number of rotatable bonds is 5. The summed E-state index contributed by atoms with van der Waals surface area (Å²) in [5, 5.41) is 12.2. The topological polar surface area (TPSA) is 59.8 Å². The fraction of sp³-hybridized carbons (Fsp3) is 0.438. The third-order valence-corrected chi connectivity index (χ3v) is 4.93. The van der Waals surface area contributed by atoms with E-state index in [0.717, 1.165) is 34.9 Å². The lowest BCUT2D eigenvalue weighted by Crippen LogP contribution is -2.32. The highest BCUT2D eigenvalue weighted by Gasteiger charge is 2.27. The summed E-state index contributed by atoms with van der Waals surface area (Å²) in [7, 11) is 1.94. The lowest BCUT2D eigenvalue weighted by molar-refractivity contribution is -0.120. The fourth-order valence-corrected chi connectivity index (χ4v) is 3.06. The van der Waals surface area contributed by atoms with Gasteiger partial charge in [0.2, 0.25) is 5.91 Å². The van der Waals surface area contributed by atoms with Gasteiger partial charge in [0.25, 0.3) is 0 Å². The van der Waals surface area contributed by atoms with Gasteiger partial charge in [0, 0.05) is 18.7 Å². The molecule has 3 rings (SSSR count). The van der Waals surface area contributed by atoms with Crippen molar-refractivity contribution in [3.63, 3.8) is 0 Å². The molecule has 1 aliphatic rings. The zero-order valence-electron chi connectivity index (χ0n) is 13.0. The van der Waals surface area contributed by atoms with Crippen molar-refractivity contribution in [2.75, 3.05) is 0 Å². The quantitative estimate of drug-likeness (QED) is 0.861. The lowest BCUT2D eigenvalue weighted by atomic mass is 10.1. The van der Waals surface area contributed by atoms with Gasteiger partial charge in [-0.15, -0.1) is 10.2 Å². The normalized spacial score (nSPS) is 15.6. The van der Waals surface area contributed by atoms with Crippen molar-refractivity contribution in [2.24, 2.45) is 7.05 Å². The Hall–Kier alpha value is -1.82. The highest BCUT2D eigenvalue weighted by molar-refractivity contribution is 8.00. The van der Waals surface area contributed by atoms with Crippen LogP contribution >= 0.6 is 11.8 Å². The van der Waals surface area contributed by atoms with Gasteiger partial charge in [-0.1, -0.05) is 36.0 Å². The lowest BCUT2D eigenvalue weighted by Gasteiger charge is -2.11. The molecular weight excluding hydrogens is 296 g/mol. The number of hydrogen-bond donors (Lipinski definition) is 1. The molecule has 0 spiro atoms. The van der Waals surface area contributed by atoms with Crippen LogP contribution in [0.15, 0.2) is 29.4 Å². The van der Waals surface area contributed by atoms with Crippen LogP contribution in [-0.2, 0) is 11.8 Å². The average Bonchev–Trinajstić information content (AvgIpc) is 3.24. The van der Waals surface area contributed by atoms with E-state index in [1.807, 2.05) is 36.7 Å². The highest BCUT2D eigenvalue weighted by Crippen LogP contribution is 2.28. The van der Waals surface area contributed by atoms with Crippen LogP contribution in [0.25, 0.3) is 11.4 Å². The van der Waals surface area contributed by atoms with E-state index < -0.39 is 0 Å². The molecule has 0 aliphatic heterocycles. The van der Waals surface area contributed by atoms with Crippen LogP contribution in [0.1, 0.15) is 25.3 Å². The summed E-state index contributed by atoms with van der Waals surface area (Å²) >= 11 is 1.45. The molecule has 6 heteroatoms. The number of aryl methyl sites for hydroxylation is 1. The predicted octanol–water partition coefficient (Wildman–Crippen LogP) is 2.55. The van der Waals surface area contributed by atoms with Crippen molar-refractivity contribution >= 4 is 17.7 Å². The van der Waals surface area contributed by atoms with Gasteiger partial charge < -0.3 is 9.88 Å². The van der Waals surface area contributed by atoms with Crippen molar-refractivity contribution in [1.82, 2.24) is 20.1 Å². The minimum atomic E-state index is -0.173. The molecule has 116 valence electrons. The number of amides is 1. The Morgan fingerprint density at radius 1 is 1.36 bits per heavy atom. The molecule has 1 amide bonds. The smallest absolute Gasteiger partial charge is 0.233 e. The molecule has 1 aromatic carbocycles. The van der Waals surface area contributed by atoms with Gasteiger partial charge in [0.05, 0.1) is 5.25 Å². The second-order valence-corrected chi connectivity index (χ2v) is 7.03. The molecule has 1 fully saturated rings. The van der Waals surface area contributed by atoms with E-state index in [2.05, 4.69) is 28.5 Å². The van der Waals surface area contributed by atoms with E-state index in [1.165, 1.54) is 11.8 Å². The van der Waals surface area contributed by atoms with E-state index >= 15 is 0 Å². The van der Waals surface area contributed by atoms with E-state index in [9.17, 15) is 4.79 Å². The van der Waals surface area contributed by atoms with Crippen molar-refractivity contribution in [3.05, 3.63) is 29.8 Å². The van der Waals surface area contributed by atoms with Gasteiger partial charge in [0.15, 0.2) is 11.0 Å². The number of aromatic nitrogens is 3. The van der Waals surface area contributed by atoms with Gasteiger partial charge in [-0.2, -0.15) is 0 Å². The predicted molar refractivity (Wildman–Crippen MR) is 87.7 cm³/mol. The SMILES string of the molecule is Cc1ccccc1-c1nnc(SC(C)C(=O)NC2CC2)n1C. The number of hydrogen-bond acceptors (Lipinski definition) is 4. The zero-order chi connectivity index (χ0) is 15.7. The zero-order valence-corrected chi connectivity index (χ0v) is 13.9. The Kier molecular flexibility index (Phi) is 4.20. The molecule has 5 nitrogen and oxygen atoms in total. The molecule has 1 aromatic heterocycles. The monoisotopic (exact) mass is 316 g/mol. The van der Waals surface area contributed by atoms with Gasteiger partial charge in [-0.25, -0.2) is 0 Å². The van der Waals surface area contributed by atoms with Gasteiger partial charge in [0.1, 0.15) is 0 Å². The Morgan fingerprint density at radius 3 is 2.77 bits per heavy atom. The van der Waals surface area contributed by atoms with Crippen LogP contribution in [0.4, 0.5) is 0 Å². The first-order valence-corrected chi connectivity index (χ1v) is 8.36. The first kappa shape index (κ1) is 15.1. The average molecular weight is 316 g/mol. The molecule has 1 atom stereocenters. The summed E-state index contributed by atoms with van der Waals surface area (Å²) in [6.45, 7) is 3.97. The Morgan fingerprint density at radius 2 is 2.09 bits per heavy atom. The first-order chi connectivity index (χ1) is 10.6. The second-order valence-electron chi connectivity index (χ2n) is 5.72. The summed E-state index contributed by atoms with van der Waals surface area (Å²) < 4.78 is 1.95. The minimum absolute atomic E-state index is 0.0768. The molecule has 0 saturated heterocycles. The van der Waals surface area contributed by atoms with Crippen LogP contribution in [0.5, 0.6) is 0 Å². The number of carbonyl (C=O) groups excluding carboxylic acids is 1. The van der Waals surface area contributed by atoms with Gasteiger partial charge in [-0.3, -0.25) is 4.79 Å². The molecule has 1 heterocycles. The van der Waals surface area contributed by atoms with E-state index in [4.69, 9.17) is 0 Å². The Balaban J connectivity index is 1.75. The second kappa shape index (κ2) is 6.12. The van der Waals surface area contributed by atoms with Crippen molar-refractivity contribution < 1.29 is 4.79 Å². The Bertz CT molecular complexity index is 693. The van der Waals surface area contributed by atoms with Gasteiger partial charge in [-0.05, 0) is 32.3 Å². The summed E-state index contributed by atoms with van der Waals surface area (Å²) in [5.41, 5.74) is 2.23. The summed E-state index contributed by atoms with van der Waals surface area (Å²) in [6.07, 6.45) is 2.20. The third kappa shape index (κ3) is 3.16. The summed E-state index contributed by atoms with van der Waals surface area (Å²) in [4.78, 5) is 12.1. The maximum absolute atomic E-state index is 12.1. The van der Waals surface area contributed by atoms with Crippen molar-refractivity contribution in [1.29, 1.82) is 0 Å². The van der Waals surface area contributed by atoms with E-state index in [1.54, 1.807) is 0 Å². The standard InChI is InChI=1S/C16H20N4OS/c1-10-6-4-5-7-13(10)14-18-19-16(20(14)3)22-11(2)15(21)17-12-8-9-12/h4-7,11-12H,8-9H2,1-3H3,(H,17,21). The van der Waals surface area contributed by atoms with Crippen LogP contribution in [0.3, 0.4) is 0 Å². The molecular formula is C16H20N4OS. The largest absolute Gasteiger partial charge is 0.352 e. The Labute approximate surface area is 134 Å². The van der Waals surface area contributed by atoms with Crippen LogP contribution in [0, 0.1) is 6.92 Å². The number of nitrogens with one attached hydrogen (secondary N) is 1. The third-order valence-electron chi connectivity index (χ3n) is 3.80. The number of benzene rings is 1. The summed E-state index contributed by atoms with van der Waals surface area (Å²) in [6, 6.07) is 8.49. The van der Waals surface area contributed by atoms with Crippen LogP contribution in [-0.4, -0.2) is 32.0 Å². The molecule has 1 saturated carbocycles. The van der Waals surface area contributed by atoms with Crippen LogP contribution in [0.2, 0.25) is 0 Å². The van der Waals surface area contributed by atoms with Crippen molar-refractivity contribution in [3.8, 4) is 11.4 Å². The number of carbonyl (C=O) groups is 1. The molecule has 0 bridgehead atoms. The molecule has 1 N–H and O–H groups in total.